The van der Waals surface area contributed by atoms with Crippen LogP contribution in [0.4, 0.5) is 10.7 Å². The van der Waals surface area contributed by atoms with Gasteiger partial charge in [0.15, 0.2) is 0 Å². The normalized spacial score (nSPS) is 9.87. The SMILES string of the molecule is Nc1ccc(C(=O)Nc2cnns2)nc1. The number of aromatic nitrogens is 3. The van der Waals surface area contributed by atoms with Crippen LogP contribution in [-0.2, 0) is 0 Å². The number of rotatable bonds is 2. The van der Waals surface area contributed by atoms with E-state index < -0.39 is 0 Å². The molecule has 2 heterocycles. The highest BCUT2D eigenvalue weighted by Crippen LogP contribution is 2.11. The van der Waals surface area contributed by atoms with Gasteiger partial charge in [0.05, 0.1) is 18.1 Å². The van der Waals surface area contributed by atoms with Crippen LogP contribution in [0.15, 0.2) is 24.5 Å². The minimum atomic E-state index is -0.305. The van der Waals surface area contributed by atoms with Crippen molar-refractivity contribution in [3.63, 3.8) is 0 Å². The lowest BCUT2D eigenvalue weighted by Gasteiger charge is -2.00. The van der Waals surface area contributed by atoms with Crippen molar-refractivity contribution in [2.24, 2.45) is 0 Å². The first-order valence-corrected chi connectivity index (χ1v) is 4.83. The van der Waals surface area contributed by atoms with Crippen molar-refractivity contribution in [1.82, 2.24) is 14.6 Å². The fourth-order valence-corrected chi connectivity index (χ4v) is 1.35. The molecule has 2 aromatic rings. The Morgan fingerprint density at radius 2 is 2.27 bits per heavy atom. The first kappa shape index (κ1) is 9.53. The number of nitrogens with two attached hydrogens (primary N) is 1. The fourth-order valence-electron chi connectivity index (χ4n) is 0.938. The summed E-state index contributed by atoms with van der Waals surface area (Å²) in [4.78, 5) is 15.4. The van der Waals surface area contributed by atoms with E-state index in [9.17, 15) is 4.79 Å². The third-order valence-electron chi connectivity index (χ3n) is 1.62. The number of hydrogen-bond donors (Lipinski definition) is 2. The van der Waals surface area contributed by atoms with Gasteiger partial charge in [0, 0.05) is 11.5 Å². The number of carbonyl (C=O) groups excluding carboxylic acids is 1. The molecule has 0 bridgehead atoms. The van der Waals surface area contributed by atoms with Crippen molar-refractivity contribution >= 4 is 28.1 Å². The summed E-state index contributed by atoms with van der Waals surface area (Å²) in [5.41, 5.74) is 6.27. The van der Waals surface area contributed by atoms with Crippen molar-refractivity contribution in [3.8, 4) is 0 Å². The summed E-state index contributed by atoms with van der Waals surface area (Å²) >= 11 is 1.10. The molecule has 0 saturated carbocycles. The number of nitrogens with zero attached hydrogens (tertiary/aromatic N) is 3. The molecule has 0 aromatic carbocycles. The van der Waals surface area contributed by atoms with Crippen LogP contribution in [-0.4, -0.2) is 20.5 Å². The molecule has 0 fully saturated rings. The lowest BCUT2D eigenvalue weighted by Crippen LogP contribution is -2.12. The first-order chi connectivity index (χ1) is 7.25. The van der Waals surface area contributed by atoms with E-state index in [1.54, 1.807) is 12.1 Å². The molecular weight excluding hydrogens is 214 g/mol. The number of carbonyl (C=O) groups is 1. The second kappa shape index (κ2) is 4.01. The predicted molar refractivity (Wildman–Crippen MR) is 56.5 cm³/mol. The molecule has 0 spiro atoms. The van der Waals surface area contributed by atoms with Gasteiger partial charge in [-0.1, -0.05) is 4.49 Å². The van der Waals surface area contributed by atoms with Crippen LogP contribution < -0.4 is 11.1 Å². The molecule has 0 saturated heterocycles. The molecule has 76 valence electrons. The molecule has 0 aliphatic heterocycles. The summed E-state index contributed by atoms with van der Waals surface area (Å²) in [7, 11) is 0. The minimum Gasteiger partial charge on any atom is -0.397 e. The highest BCUT2D eigenvalue weighted by molar-refractivity contribution is 7.10. The van der Waals surface area contributed by atoms with Crippen LogP contribution in [0.2, 0.25) is 0 Å². The molecule has 0 radical (unpaired) electrons. The Morgan fingerprint density at radius 1 is 1.40 bits per heavy atom. The van der Waals surface area contributed by atoms with Gasteiger partial charge in [-0.15, -0.1) is 5.10 Å². The monoisotopic (exact) mass is 221 g/mol. The van der Waals surface area contributed by atoms with Gasteiger partial charge in [-0.2, -0.15) is 0 Å². The standard InChI is InChI=1S/C8H7N5OS/c9-5-1-2-6(10-3-5)8(14)12-7-4-11-13-15-7/h1-4H,9H2,(H,12,14). The van der Waals surface area contributed by atoms with Gasteiger partial charge in [-0.05, 0) is 12.1 Å². The summed E-state index contributed by atoms with van der Waals surface area (Å²) in [6.07, 6.45) is 2.90. The number of hydrogen-bond acceptors (Lipinski definition) is 6. The number of nitrogen functional groups attached to an aromatic ring is 1. The van der Waals surface area contributed by atoms with E-state index in [1.807, 2.05) is 0 Å². The van der Waals surface area contributed by atoms with Crippen molar-refractivity contribution in [1.29, 1.82) is 0 Å². The zero-order valence-corrected chi connectivity index (χ0v) is 8.36. The van der Waals surface area contributed by atoms with E-state index in [4.69, 9.17) is 5.73 Å². The Hall–Kier alpha value is -2.02. The molecule has 2 aromatic heterocycles. The van der Waals surface area contributed by atoms with Gasteiger partial charge in [-0.3, -0.25) is 4.79 Å². The van der Waals surface area contributed by atoms with Gasteiger partial charge in [0.25, 0.3) is 5.91 Å². The Kier molecular flexibility index (Phi) is 2.55. The molecule has 0 unspecified atom stereocenters. The molecule has 15 heavy (non-hydrogen) atoms. The lowest BCUT2D eigenvalue weighted by molar-refractivity contribution is 0.102. The quantitative estimate of drug-likeness (QED) is 0.781. The van der Waals surface area contributed by atoms with Crippen LogP contribution in [0.5, 0.6) is 0 Å². The molecule has 7 heteroatoms. The van der Waals surface area contributed by atoms with Gasteiger partial charge in [0.2, 0.25) is 0 Å². The van der Waals surface area contributed by atoms with Crippen LogP contribution in [0.1, 0.15) is 10.5 Å². The number of amides is 1. The van der Waals surface area contributed by atoms with Gasteiger partial charge in [-0.25, -0.2) is 4.98 Å². The van der Waals surface area contributed by atoms with E-state index in [0.717, 1.165) is 11.5 Å². The van der Waals surface area contributed by atoms with E-state index in [1.165, 1.54) is 12.4 Å². The third-order valence-corrected chi connectivity index (χ3v) is 2.20. The first-order valence-electron chi connectivity index (χ1n) is 4.06. The number of pyridine rings is 1. The Balaban J connectivity index is 2.11. The van der Waals surface area contributed by atoms with E-state index in [2.05, 4.69) is 19.9 Å². The summed E-state index contributed by atoms with van der Waals surface area (Å²) < 4.78 is 3.62. The highest BCUT2D eigenvalue weighted by atomic mass is 32.1. The highest BCUT2D eigenvalue weighted by Gasteiger charge is 2.08. The average Bonchev–Trinajstić information content (AvgIpc) is 2.71. The Bertz CT molecular complexity index is 452. The molecule has 3 N–H and O–H groups in total. The van der Waals surface area contributed by atoms with Crippen molar-refractivity contribution < 1.29 is 4.79 Å². The molecule has 0 aliphatic rings. The predicted octanol–water partition coefficient (Wildman–Crippen LogP) is 0.768. The topological polar surface area (TPSA) is 93.8 Å². The van der Waals surface area contributed by atoms with Crippen molar-refractivity contribution in [3.05, 3.63) is 30.2 Å². The Labute approximate surface area is 89.3 Å². The molecular formula is C8H7N5OS. The van der Waals surface area contributed by atoms with Crippen LogP contribution in [0, 0.1) is 0 Å². The molecule has 0 atom stereocenters. The average molecular weight is 221 g/mol. The summed E-state index contributed by atoms with van der Waals surface area (Å²) in [6.45, 7) is 0. The van der Waals surface area contributed by atoms with E-state index in [-0.39, 0.29) is 5.91 Å². The zero-order valence-electron chi connectivity index (χ0n) is 7.54. The summed E-state index contributed by atoms with van der Waals surface area (Å²) in [5, 5.41) is 6.79. The largest absolute Gasteiger partial charge is 0.397 e. The van der Waals surface area contributed by atoms with Crippen LogP contribution in [0.25, 0.3) is 0 Å². The van der Waals surface area contributed by atoms with Crippen molar-refractivity contribution in [2.75, 3.05) is 11.1 Å². The minimum absolute atomic E-state index is 0.303. The fraction of sp³-hybridized carbons (Fsp3) is 0. The number of nitrogens with one attached hydrogen (secondary N) is 1. The summed E-state index contributed by atoms with van der Waals surface area (Å²) in [6, 6.07) is 3.17. The molecule has 2 rings (SSSR count). The lowest BCUT2D eigenvalue weighted by atomic mass is 10.3. The zero-order chi connectivity index (χ0) is 10.7. The van der Waals surface area contributed by atoms with Crippen molar-refractivity contribution in [2.45, 2.75) is 0 Å². The van der Waals surface area contributed by atoms with Gasteiger partial charge < -0.3 is 11.1 Å². The maximum absolute atomic E-state index is 11.6. The van der Waals surface area contributed by atoms with Gasteiger partial charge >= 0.3 is 0 Å². The van der Waals surface area contributed by atoms with Crippen LogP contribution >= 0.6 is 11.5 Å². The second-order valence-corrected chi connectivity index (χ2v) is 3.50. The molecule has 0 aliphatic carbocycles. The Morgan fingerprint density at radius 3 is 2.87 bits per heavy atom. The maximum atomic E-state index is 11.6. The summed E-state index contributed by atoms with van der Waals surface area (Å²) in [5.74, 6) is -0.305. The number of anilines is 2. The van der Waals surface area contributed by atoms with Gasteiger partial charge in [0.1, 0.15) is 10.7 Å². The third kappa shape index (κ3) is 2.26. The van der Waals surface area contributed by atoms with Crippen LogP contribution in [0.3, 0.4) is 0 Å². The smallest absolute Gasteiger partial charge is 0.274 e. The van der Waals surface area contributed by atoms with E-state index >= 15 is 0 Å². The molecule has 1 amide bonds. The van der Waals surface area contributed by atoms with E-state index in [0.29, 0.717) is 16.4 Å². The maximum Gasteiger partial charge on any atom is 0.274 e. The second-order valence-electron chi connectivity index (χ2n) is 2.71. The molecule has 6 nitrogen and oxygen atoms in total.